The number of rotatable bonds is 7. The van der Waals surface area contributed by atoms with Crippen molar-refractivity contribution in [3.05, 3.63) is 70.7 Å². The number of aryl methyl sites for hydroxylation is 2. The summed E-state index contributed by atoms with van der Waals surface area (Å²) in [6, 6.07) is 10.5. The number of amides is 2. The molecule has 1 saturated carbocycles. The Labute approximate surface area is 259 Å². The van der Waals surface area contributed by atoms with Gasteiger partial charge >= 0.3 is 0 Å². The first-order valence-corrected chi connectivity index (χ1v) is 15.4. The molecule has 45 heavy (non-hydrogen) atoms. The molecule has 2 fully saturated rings. The SMILES string of the molecule is COc1cc(C(=O)N2CCC[C@@H](N)C2)cn2nc(-c3cc4ccc(-c5cc(F)c(C(N)=O)cc5C)nc4n3CC3CC3)c(C)c12. The number of hydrogen-bond donors (Lipinski definition) is 2. The minimum Gasteiger partial charge on any atom is -0.494 e. The van der Waals surface area contributed by atoms with E-state index in [0.717, 1.165) is 65.7 Å². The van der Waals surface area contributed by atoms with Crippen molar-refractivity contribution in [3.63, 3.8) is 0 Å². The lowest BCUT2D eigenvalue weighted by Crippen LogP contribution is -2.45. The Hall–Kier alpha value is -4.77. The molecule has 4 N–H and O–H groups in total. The van der Waals surface area contributed by atoms with Crippen LogP contribution in [0, 0.1) is 25.6 Å². The molecule has 232 valence electrons. The number of fused-ring (bicyclic) bond motifs is 2. The van der Waals surface area contributed by atoms with Crippen LogP contribution in [0.5, 0.6) is 5.75 Å². The van der Waals surface area contributed by atoms with Gasteiger partial charge in [-0.05, 0) is 87.4 Å². The summed E-state index contributed by atoms with van der Waals surface area (Å²) in [6.07, 6.45) is 5.85. The van der Waals surface area contributed by atoms with Gasteiger partial charge in [-0.2, -0.15) is 5.10 Å². The number of hydrogen-bond acceptors (Lipinski definition) is 6. The average Bonchev–Trinajstić information content (AvgIpc) is 3.70. The summed E-state index contributed by atoms with van der Waals surface area (Å²) in [6.45, 7) is 5.80. The summed E-state index contributed by atoms with van der Waals surface area (Å²) in [5.41, 5.74) is 17.9. The van der Waals surface area contributed by atoms with Crippen molar-refractivity contribution < 1.29 is 18.7 Å². The molecular formula is C34H36FN7O3. The van der Waals surface area contributed by atoms with Crippen LogP contribution in [0.1, 0.15) is 57.5 Å². The zero-order valence-corrected chi connectivity index (χ0v) is 25.6. The van der Waals surface area contributed by atoms with Gasteiger partial charge in [-0.25, -0.2) is 13.9 Å². The van der Waals surface area contributed by atoms with E-state index in [1.54, 1.807) is 28.8 Å². The Bertz CT molecular complexity index is 2010. The van der Waals surface area contributed by atoms with Gasteiger partial charge in [0, 0.05) is 48.4 Å². The van der Waals surface area contributed by atoms with Crippen LogP contribution in [0.4, 0.5) is 4.39 Å². The number of carbonyl (C=O) groups is 2. The summed E-state index contributed by atoms with van der Waals surface area (Å²) in [4.78, 5) is 32.0. The van der Waals surface area contributed by atoms with E-state index >= 15 is 0 Å². The second kappa shape index (κ2) is 11.0. The van der Waals surface area contributed by atoms with Crippen molar-refractivity contribution in [1.29, 1.82) is 0 Å². The van der Waals surface area contributed by atoms with Gasteiger partial charge in [-0.15, -0.1) is 0 Å². The van der Waals surface area contributed by atoms with E-state index in [2.05, 4.69) is 10.6 Å². The minimum atomic E-state index is -0.805. The molecule has 2 amide bonds. The molecule has 1 aromatic carbocycles. The van der Waals surface area contributed by atoms with E-state index in [0.29, 0.717) is 47.1 Å². The van der Waals surface area contributed by atoms with Crippen molar-refractivity contribution in [2.45, 2.75) is 52.1 Å². The number of benzene rings is 1. The normalized spacial score (nSPS) is 16.9. The number of carbonyl (C=O) groups excluding carboxylic acids is 2. The molecule has 0 spiro atoms. The highest BCUT2D eigenvalue weighted by molar-refractivity contribution is 5.96. The summed E-state index contributed by atoms with van der Waals surface area (Å²) in [7, 11) is 1.60. The fourth-order valence-corrected chi connectivity index (χ4v) is 6.54. The third-order valence-corrected chi connectivity index (χ3v) is 9.12. The zero-order chi connectivity index (χ0) is 31.6. The smallest absolute Gasteiger partial charge is 0.255 e. The lowest BCUT2D eigenvalue weighted by Gasteiger charge is -2.30. The number of aromatic nitrogens is 4. The van der Waals surface area contributed by atoms with E-state index < -0.39 is 11.7 Å². The van der Waals surface area contributed by atoms with Gasteiger partial charge in [0.05, 0.1) is 29.6 Å². The van der Waals surface area contributed by atoms with Crippen LogP contribution in [-0.2, 0) is 6.54 Å². The molecule has 10 nitrogen and oxygen atoms in total. The third-order valence-electron chi connectivity index (χ3n) is 9.12. The minimum absolute atomic E-state index is 0.0215. The maximum atomic E-state index is 14.8. The van der Waals surface area contributed by atoms with Crippen LogP contribution in [0.25, 0.3) is 39.2 Å². The van der Waals surface area contributed by atoms with Crippen LogP contribution in [0.15, 0.2) is 42.6 Å². The van der Waals surface area contributed by atoms with Crippen LogP contribution in [0.2, 0.25) is 0 Å². The van der Waals surface area contributed by atoms with Gasteiger partial charge in [0.2, 0.25) is 0 Å². The van der Waals surface area contributed by atoms with Crippen LogP contribution >= 0.6 is 0 Å². The predicted octanol–water partition coefficient (Wildman–Crippen LogP) is 4.85. The second-order valence-electron chi connectivity index (χ2n) is 12.4. The van der Waals surface area contributed by atoms with Crippen molar-refractivity contribution in [2.75, 3.05) is 20.2 Å². The maximum absolute atomic E-state index is 14.8. The summed E-state index contributed by atoms with van der Waals surface area (Å²) in [5.74, 6) is -0.462. The summed E-state index contributed by atoms with van der Waals surface area (Å²) >= 11 is 0. The van der Waals surface area contributed by atoms with Gasteiger partial charge in [-0.3, -0.25) is 9.59 Å². The summed E-state index contributed by atoms with van der Waals surface area (Å²) in [5, 5.41) is 5.94. The number of likely N-dealkylation sites (tertiary alicyclic amines) is 1. The maximum Gasteiger partial charge on any atom is 0.255 e. The molecule has 1 saturated heterocycles. The first kappa shape index (κ1) is 29.0. The van der Waals surface area contributed by atoms with E-state index in [-0.39, 0.29) is 17.5 Å². The molecule has 1 aliphatic heterocycles. The van der Waals surface area contributed by atoms with Crippen molar-refractivity contribution in [3.8, 4) is 28.4 Å². The number of nitrogens with two attached hydrogens (primary N) is 2. The highest BCUT2D eigenvalue weighted by atomic mass is 19.1. The Morgan fingerprint density at radius 1 is 1.11 bits per heavy atom. The molecule has 0 bridgehead atoms. The van der Waals surface area contributed by atoms with Crippen LogP contribution < -0.4 is 16.2 Å². The Morgan fingerprint density at radius 2 is 1.91 bits per heavy atom. The van der Waals surface area contributed by atoms with Gasteiger partial charge in [-0.1, -0.05) is 0 Å². The molecule has 0 unspecified atom stereocenters. The number of nitrogens with zero attached hydrogens (tertiary/aromatic N) is 5. The zero-order valence-electron chi connectivity index (χ0n) is 25.6. The van der Waals surface area contributed by atoms with Gasteiger partial charge in [0.15, 0.2) is 0 Å². The van der Waals surface area contributed by atoms with Crippen molar-refractivity contribution >= 4 is 28.4 Å². The molecule has 11 heteroatoms. The monoisotopic (exact) mass is 609 g/mol. The largest absolute Gasteiger partial charge is 0.494 e. The number of primary amides is 1. The molecule has 4 aromatic heterocycles. The fraction of sp³-hybridized carbons (Fsp3) is 0.353. The fourth-order valence-electron chi connectivity index (χ4n) is 6.54. The molecule has 7 rings (SSSR count). The van der Waals surface area contributed by atoms with E-state index in [4.69, 9.17) is 26.3 Å². The molecule has 1 aliphatic carbocycles. The number of ether oxygens (including phenoxy) is 1. The topological polar surface area (TPSA) is 134 Å². The molecule has 2 aliphatic rings. The molecule has 5 aromatic rings. The molecule has 5 heterocycles. The third kappa shape index (κ3) is 5.10. The van der Waals surface area contributed by atoms with Crippen molar-refractivity contribution in [2.24, 2.45) is 17.4 Å². The Morgan fingerprint density at radius 3 is 2.62 bits per heavy atom. The highest BCUT2D eigenvalue weighted by Gasteiger charge is 2.28. The van der Waals surface area contributed by atoms with Gasteiger partial charge in [0.1, 0.15) is 28.4 Å². The Balaban J connectivity index is 1.35. The van der Waals surface area contributed by atoms with E-state index in [1.165, 1.54) is 12.1 Å². The highest BCUT2D eigenvalue weighted by Crippen LogP contribution is 2.39. The number of pyridine rings is 2. The van der Waals surface area contributed by atoms with Crippen LogP contribution in [-0.4, -0.2) is 62.1 Å². The number of methoxy groups -OCH3 is 1. The first-order valence-electron chi connectivity index (χ1n) is 15.4. The number of halogens is 1. The second-order valence-corrected chi connectivity index (χ2v) is 12.4. The Kier molecular flexibility index (Phi) is 7.07. The number of piperidine rings is 1. The predicted molar refractivity (Wildman–Crippen MR) is 170 cm³/mol. The molecule has 0 radical (unpaired) electrons. The standard InChI is InChI=1S/C34H36FN7O3/c1-18-11-25(32(37)43)26(35)14-24(18)27-9-8-21-12-28(41(33(21)38-27)15-20-6-7-20)30-19(2)31-29(45-3)13-22(16-42(31)39-30)34(44)40-10-4-5-23(36)17-40/h8-9,11-14,16,20,23H,4-7,10,15,17,36H2,1-3H3,(H2,37,43)/t23-/m1/s1. The van der Waals surface area contributed by atoms with E-state index in [9.17, 15) is 14.0 Å². The van der Waals surface area contributed by atoms with E-state index in [1.807, 2.05) is 26.0 Å². The average molecular weight is 610 g/mol. The lowest BCUT2D eigenvalue weighted by atomic mass is 10.0. The quantitative estimate of drug-likeness (QED) is 0.271. The molecule has 1 atom stereocenters. The molecular weight excluding hydrogens is 573 g/mol. The first-order chi connectivity index (χ1) is 21.6. The lowest BCUT2D eigenvalue weighted by molar-refractivity contribution is 0.0707. The van der Waals surface area contributed by atoms with Gasteiger partial charge in [0.25, 0.3) is 11.8 Å². The van der Waals surface area contributed by atoms with Crippen molar-refractivity contribution in [1.82, 2.24) is 24.1 Å². The van der Waals surface area contributed by atoms with Crippen LogP contribution in [0.3, 0.4) is 0 Å². The summed E-state index contributed by atoms with van der Waals surface area (Å²) < 4.78 is 24.5. The van der Waals surface area contributed by atoms with Gasteiger partial charge < -0.3 is 25.7 Å².